The predicted octanol–water partition coefficient (Wildman–Crippen LogP) is 1.26. The number of carboxylic acid groups (broad SMARTS) is 1. The number of carboxylic acids is 1. The van der Waals surface area contributed by atoms with Gasteiger partial charge in [-0.3, -0.25) is 9.59 Å². The quantitative estimate of drug-likeness (QED) is 0.856. The SMILES string of the molecule is Cc1c(C(=O)N(C)CC(=O)O)noc1C(C)C. The van der Waals surface area contributed by atoms with Crippen LogP contribution in [0.15, 0.2) is 4.52 Å². The molecule has 1 N–H and O–H groups in total. The first kappa shape index (κ1) is 13.2. The van der Waals surface area contributed by atoms with Crippen molar-refractivity contribution in [2.24, 2.45) is 0 Å². The Kier molecular flexibility index (Phi) is 3.88. The predicted molar refractivity (Wildman–Crippen MR) is 59.9 cm³/mol. The van der Waals surface area contributed by atoms with Gasteiger partial charge in [-0.25, -0.2) is 0 Å². The summed E-state index contributed by atoms with van der Waals surface area (Å²) in [6, 6.07) is 0. The minimum atomic E-state index is -1.06. The Bertz CT molecular complexity index is 437. The van der Waals surface area contributed by atoms with E-state index in [0.717, 1.165) is 4.90 Å². The van der Waals surface area contributed by atoms with E-state index < -0.39 is 11.9 Å². The van der Waals surface area contributed by atoms with Gasteiger partial charge in [0.15, 0.2) is 5.69 Å². The van der Waals surface area contributed by atoms with Crippen LogP contribution in [0.3, 0.4) is 0 Å². The van der Waals surface area contributed by atoms with Crippen LogP contribution in [0.1, 0.15) is 41.6 Å². The second-order valence-electron chi connectivity index (χ2n) is 4.23. The zero-order chi connectivity index (χ0) is 13.2. The number of aromatic nitrogens is 1. The Balaban J connectivity index is 2.93. The van der Waals surface area contributed by atoms with E-state index in [1.807, 2.05) is 13.8 Å². The molecule has 1 amide bonds. The third kappa shape index (κ3) is 2.83. The van der Waals surface area contributed by atoms with E-state index in [4.69, 9.17) is 9.63 Å². The van der Waals surface area contributed by atoms with Crippen LogP contribution in [0, 0.1) is 6.92 Å². The minimum absolute atomic E-state index is 0.133. The molecule has 17 heavy (non-hydrogen) atoms. The van der Waals surface area contributed by atoms with Crippen LogP contribution < -0.4 is 0 Å². The molecule has 0 spiro atoms. The summed E-state index contributed by atoms with van der Waals surface area (Å²) in [5, 5.41) is 12.3. The van der Waals surface area contributed by atoms with Gasteiger partial charge in [-0.05, 0) is 6.92 Å². The molecule has 1 rings (SSSR count). The lowest BCUT2D eigenvalue weighted by molar-refractivity contribution is -0.137. The first-order valence-electron chi connectivity index (χ1n) is 5.28. The molecule has 1 aromatic heterocycles. The largest absolute Gasteiger partial charge is 0.480 e. The zero-order valence-electron chi connectivity index (χ0n) is 10.4. The van der Waals surface area contributed by atoms with Gasteiger partial charge in [0, 0.05) is 18.5 Å². The van der Waals surface area contributed by atoms with Crippen molar-refractivity contribution in [3.05, 3.63) is 17.0 Å². The monoisotopic (exact) mass is 240 g/mol. The van der Waals surface area contributed by atoms with E-state index in [2.05, 4.69) is 5.16 Å². The summed E-state index contributed by atoms with van der Waals surface area (Å²) in [5.41, 5.74) is 0.847. The average molecular weight is 240 g/mol. The highest BCUT2D eigenvalue weighted by molar-refractivity contribution is 5.95. The second kappa shape index (κ2) is 4.99. The lowest BCUT2D eigenvalue weighted by Gasteiger charge is -2.12. The molecule has 0 unspecified atom stereocenters. The molecule has 0 aliphatic rings. The molecule has 0 radical (unpaired) electrons. The van der Waals surface area contributed by atoms with E-state index in [1.54, 1.807) is 6.92 Å². The fraction of sp³-hybridized carbons (Fsp3) is 0.545. The Morgan fingerprint density at radius 1 is 1.47 bits per heavy atom. The Morgan fingerprint density at radius 2 is 2.06 bits per heavy atom. The minimum Gasteiger partial charge on any atom is -0.480 e. The molecule has 0 saturated heterocycles. The average Bonchev–Trinajstić information content (AvgIpc) is 2.57. The molecule has 0 aliphatic heterocycles. The fourth-order valence-corrected chi connectivity index (χ4v) is 1.54. The van der Waals surface area contributed by atoms with Crippen LogP contribution in [-0.2, 0) is 4.79 Å². The summed E-state index contributed by atoms with van der Waals surface area (Å²) in [7, 11) is 1.42. The number of nitrogens with zero attached hydrogens (tertiary/aromatic N) is 2. The van der Waals surface area contributed by atoms with Gasteiger partial charge in [0.2, 0.25) is 0 Å². The van der Waals surface area contributed by atoms with E-state index in [9.17, 15) is 9.59 Å². The van der Waals surface area contributed by atoms with Gasteiger partial charge >= 0.3 is 5.97 Å². The maximum absolute atomic E-state index is 11.9. The summed E-state index contributed by atoms with van der Waals surface area (Å²) in [6.07, 6.45) is 0. The van der Waals surface area contributed by atoms with Crippen molar-refractivity contribution in [2.75, 3.05) is 13.6 Å². The summed E-state index contributed by atoms with van der Waals surface area (Å²) < 4.78 is 5.09. The molecular weight excluding hydrogens is 224 g/mol. The highest BCUT2D eigenvalue weighted by Gasteiger charge is 2.23. The fourth-order valence-electron chi connectivity index (χ4n) is 1.54. The van der Waals surface area contributed by atoms with Crippen molar-refractivity contribution < 1.29 is 19.2 Å². The van der Waals surface area contributed by atoms with E-state index in [1.165, 1.54) is 7.05 Å². The van der Waals surface area contributed by atoms with Crippen LogP contribution in [0.5, 0.6) is 0 Å². The van der Waals surface area contributed by atoms with Crippen molar-refractivity contribution in [2.45, 2.75) is 26.7 Å². The number of aliphatic carboxylic acids is 1. The van der Waals surface area contributed by atoms with Gasteiger partial charge in [0.05, 0.1) is 0 Å². The van der Waals surface area contributed by atoms with Gasteiger partial charge < -0.3 is 14.5 Å². The molecule has 0 aliphatic carbocycles. The van der Waals surface area contributed by atoms with Crippen molar-refractivity contribution in [3.63, 3.8) is 0 Å². The van der Waals surface area contributed by atoms with E-state index >= 15 is 0 Å². The van der Waals surface area contributed by atoms with Gasteiger partial charge in [-0.15, -0.1) is 0 Å². The molecule has 0 bridgehead atoms. The van der Waals surface area contributed by atoms with Gasteiger partial charge in [-0.1, -0.05) is 19.0 Å². The third-order valence-electron chi connectivity index (χ3n) is 2.41. The Hall–Kier alpha value is -1.85. The van der Waals surface area contributed by atoms with Crippen molar-refractivity contribution in [3.8, 4) is 0 Å². The molecule has 0 saturated carbocycles. The third-order valence-corrected chi connectivity index (χ3v) is 2.41. The number of carbonyl (C=O) groups excluding carboxylic acids is 1. The van der Waals surface area contributed by atoms with Crippen LogP contribution in [0.4, 0.5) is 0 Å². The van der Waals surface area contributed by atoms with Crippen molar-refractivity contribution in [1.29, 1.82) is 0 Å². The first-order chi connectivity index (χ1) is 7.84. The zero-order valence-corrected chi connectivity index (χ0v) is 10.4. The summed E-state index contributed by atoms with van der Waals surface area (Å²) in [4.78, 5) is 23.5. The molecule has 0 aromatic carbocycles. The second-order valence-corrected chi connectivity index (χ2v) is 4.23. The van der Waals surface area contributed by atoms with Gasteiger partial charge in [0.1, 0.15) is 12.3 Å². The molecule has 94 valence electrons. The lowest BCUT2D eigenvalue weighted by Crippen LogP contribution is -2.32. The highest BCUT2D eigenvalue weighted by Crippen LogP contribution is 2.22. The van der Waals surface area contributed by atoms with Crippen molar-refractivity contribution in [1.82, 2.24) is 10.1 Å². The van der Waals surface area contributed by atoms with Crippen molar-refractivity contribution >= 4 is 11.9 Å². The normalized spacial score (nSPS) is 10.6. The van der Waals surface area contributed by atoms with Gasteiger partial charge in [0.25, 0.3) is 5.91 Å². The number of carbonyl (C=O) groups is 2. The maximum atomic E-state index is 11.9. The Morgan fingerprint density at radius 3 is 2.47 bits per heavy atom. The molecule has 0 fully saturated rings. The van der Waals surface area contributed by atoms with Gasteiger partial charge in [-0.2, -0.15) is 0 Å². The number of hydrogen-bond donors (Lipinski definition) is 1. The van der Waals surface area contributed by atoms with E-state index in [0.29, 0.717) is 11.3 Å². The summed E-state index contributed by atoms with van der Waals surface area (Å²) in [5.74, 6) is -0.725. The summed E-state index contributed by atoms with van der Waals surface area (Å²) >= 11 is 0. The maximum Gasteiger partial charge on any atom is 0.323 e. The standard InChI is InChI=1S/C11H16N2O4/c1-6(2)10-7(3)9(12-17-10)11(16)13(4)5-8(14)15/h6H,5H2,1-4H3,(H,14,15). The van der Waals surface area contributed by atoms with Crippen LogP contribution >= 0.6 is 0 Å². The molecule has 0 atom stereocenters. The smallest absolute Gasteiger partial charge is 0.323 e. The van der Waals surface area contributed by atoms with E-state index in [-0.39, 0.29) is 18.2 Å². The number of rotatable bonds is 4. The molecule has 6 nitrogen and oxygen atoms in total. The first-order valence-corrected chi connectivity index (χ1v) is 5.28. The Labute approximate surface area is 99.2 Å². The number of amides is 1. The molecule has 1 heterocycles. The molecule has 1 aromatic rings. The number of hydrogen-bond acceptors (Lipinski definition) is 4. The number of likely N-dealkylation sites (N-methyl/N-ethyl adjacent to an activating group) is 1. The lowest BCUT2D eigenvalue weighted by atomic mass is 10.1. The molecular formula is C11H16N2O4. The van der Waals surface area contributed by atoms with Crippen LogP contribution in [-0.4, -0.2) is 40.6 Å². The highest BCUT2D eigenvalue weighted by atomic mass is 16.5. The van der Waals surface area contributed by atoms with Crippen LogP contribution in [0.25, 0.3) is 0 Å². The summed E-state index contributed by atoms with van der Waals surface area (Å²) in [6.45, 7) is 5.25. The topological polar surface area (TPSA) is 83.6 Å². The van der Waals surface area contributed by atoms with Crippen LogP contribution in [0.2, 0.25) is 0 Å². The molecule has 6 heteroatoms.